The van der Waals surface area contributed by atoms with Gasteiger partial charge in [0, 0.05) is 39.5 Å². The zero-order valence-corrected chi connectivity index (χ0v) is 20.8. The molecular weight excluding hydrogens is 483 g/mol. The van der Waals surface area contributed by atoms with Crippen molar-refractivity contribution in [1.82, 2.24) is 25.7 Å². The van der Waals surface area contributed by atoms with Crippen molar-refractivity contribution in [1.29, 1.82) is 0 Å². The maximum atomic E-state index is 12.7. The van der Waals surface area contributed by atoms with Gasteiger partial charge in [-0.2, -0.15) is 4.98 Å². The predicted molar refractivity (Wildman–Crippen MR) is 126 cm³/mol. The zero-order chi connectivity index (χ0) is 20.6. The Balaban J connectivity index is 0.00000420. The number of hydrogen-bond acceptors (Lipinski definition) is 5. The second-order valence-electron chi connectivity index (χ2n) is 8.11. The van der Waals surface area contributed by atoms with Gasteiger partial charge < -0.3 is 20.1 Å². The van der Waals surface area contributed by atoms with Crippen LogP contribution >= 0.6 is 24.0 Å². The van der Waals surface area contributed by atoms with Crippen LogP contribution in [0.25, 0.3) is 0 Å². The first-order valence-electron chi connectivity index (χ1n) is 10.4. The minimum Gasteiger partial charge on any atom is -0.357 e. The molecule has 0 saturated heterocycles. The number of hydrogen-bond donors (Lipinski definition) is 2. The van der Waals surface area contributed by atoms with Crippen LogP contribution in [0.5, 0.6) is 0 Å². The highest BCUT2D eigenvalue weighted by molar-refractivity contribution is 14.0. The van der Waals surface area contributed by atoms with Gasteiger partial charge in [-0.25, -0.2) is 0 Å². The van der Waals surface area contributed by atoms with Gasteiger partial charge in [-0.1, -0.05) is 31.8 Å². The molecule has 8 nitrogen and oxygen atoms in total. The third-order valence-electron chi connectivity index (χ3n) is 5.16. The van der Waals surface area contributed by atoms with Crippen molar-refractivity contribution < 1.29 is 9.32 Å². The highest BCUT2D eigenvalue weighted by Crippen LogP contribution is 2.39. The number of guanidine groups is 1. The molecule has 1 aliphatic carbocycles. The summed E-state index contributed by atoms with van der Waals surface area (Å²) >= 11 is 0. The summed E-state index contributed by atoms with van der Waals surface area (Å²) in [4.78, 5) is 23.5. The van der Waals surface area contributed by atoms with Crippen LogP contribution in [0, 0.1) is 5.41 Å². The van der Waals surface area contributed by atoms with Crippen LogP contribution in [0.3, 0.4) is 0 Å². The number of carbonyl (C=O) groups is 1. The molecule has 9 heteroatoms. The molecule has 0 aromatic carbocycles. The molecular formula is C20H37IN6O2. The fourth-order valence-electron chi connectivity index (χ4n) is 3.59. The smallest absolute Gasteiger partial charge is 0.230 e. The first-order chi connectivity index (χ1) is 13.4. The Bertz CT molecular complexity index is 653. The Morgan fingerprint density at radius 2 is 1.97 bits per heavy atom. The Hall–Kier alpha value is -1.39. The van der Waals surface area contributed by atoms with Crippen LogP contribution in [0.15, 0.2) is 9.52 Å². The van der Waals surface area contributed by atoms with E-state index in [-0.39, 0.29) is 41.2 Å². The summed E-state index contributed by atoms with van der Waals surface area (Å²) < 4.78 is 5.28. The molecule has 0 radical (unpaired) electrons. The van der Waals surface area contributed by atoms with E-state index >= 15 is 0 Å². The van der Waals surface area contributed by atoms with Crippen molar-refractivity contribution in [3.63, 3.8) is 0 Å². The van der Waals surface area contributed by atoms with Gasteiger partial charge in [0.05, 0.1) is 12.0 Å². The fraction of sp³-hybridized carbons (Fsp3) is 0.800. The van der Waals surface area contributed by atoms with Gasteiger partial charge in [0.25, 0.3) is 0 Å². The number of amides is 1. The molecule has 2 rings (SSSR count). The first-order valence-corrected chi connectivity index (χ1v) is 10.4. The molecule has 2 N–H and O–H groups in total. The van der Waals surface area contributed by atoms with Crippen LogP contribution in [0.4, 0.5) is 0 Å². The zero-order valence-electron chi connectivity index (χ0n) is 18.5. The molecule has 1 heterocycles. The highest BCUT2D eigenvalue weighted by atomic mass is 127. The molecule has 166 valence electrons. The number of aromatic nitrogens is 2. The summed E-state index contributed by atoms with van der Waals surface area (Å²) in [6, 6.07) is 0. The number of aliphatic imine (C=N–C) groups is 1. The SMILES string of the molecule is CCNC(=NCC1(C(=O)N(C)C)CCCC1)NCCCc1nc(C(C)C)no1.I. The largest absolute Gasteiger partial charge is 0.357 e. The highest BCUT2D eigenvalue weighted by Gasteiger charge is 2.42. The second-order valence-corrected chi connectivity index (χ2v) is 8.11. The molecule has 1 aromatic heterocycles. The minimum absolute atomic E-state index is 0. The molecule has 1 saturated carbocycles. The lowest BCUT2D eigenvalue weighted by Gasteiger charge is -2.29. The van der Waals surface area contributed by atoms with Crippen LogP contribution < -0.4 is 10.6 Å². The van der Waals surface area contributed by atoms with Crippen LogP contribution in [0.1, 0.15) is 70.5 Å². The number of nitrogens with zero attached hydrogens (tertiary/aromatic N) is 4. The van der Waals surface area contributed by atoms with Gasteiger partial charge in [0.15, 0.2) is 11.8 Å². The van der Waals surface area contributed by atoms with Gasteiger partial charge in [0.1, 0.15) is 0 Å². The van der Waals surface area contributed by atoms with E-state index in [4.69, 9.17) is 9.52 Å². The maximum absolute atomic E-state index is 12.7. The molecule has 1 aliphatic rings. The summed E-state index contributed by atoms with van der Waals surface area (Å²) in [5.74, 6) is 2.66. The van der Waals surface area contributed by atoms with Gasteiger partial charge >= 0.3 is 0 Å². The van der Waals surface area contributed by atoms with E-state index in [9.17, 15) is 4.79 Å². The van der Waals surface area contributed by atoms with Crippen molar-refractivity contribution >= 4 is 35.8 Å². The van der Waals surface area contributed by atoms with Crippen molar-refractivity contribution in [2.24, 2.45) is 10.4 Å². The molecule has 1 amide bonds. The van der Waals surface area contributed by atoms with Crippen molar-refractivity contribution in [2.75, 3.05) is 33.7 Å². The Morgan fingerprint density at radius 1 is 1.28 bits per heavy atom. The molecule has 29 heavy (non-hydrogen) atoms. The average molecular weight is 520 g/mol. The molecule has 0 atom stereocenters. The first kappa shape index (κ1) is 25.6. The summed E-state index contributed by atoms with van der Waals surface area (Å²) in [6.07, 6.45) is 5.63. The van der Waals surface area contributed by atoms with Crippen LogP contribution in [-0.4, -0.2) is 60.6 Å². The number of halogens is 1. The van der Waals surface area contributed by atoms with E-state index in [0.717, 1.165) is 63.4 Å². The molecule has 0 bridgehead atoms. The van der Waals surface area contributed by atoms with Gasteiger partial charge in [-0.15, -0.1) is 24.0 Å². The van der Waals surface area contributed by atoms with E-state index in [2.05, 4.69) is 20.8 Å². The average Bonchev–Trinajstić information content (AvgIpc) is 3.32. The lowest BCUT2D eigenvalue weighted by Crippen LogP contribution is -2.43. The molecule has 1 fully saturated rings. The second kappa shape index (κ2) is 12.3. The van der Waals surface area contributed by atoms with Crippen molar-refractivity contribution in [3.05, 3.63) is 11.7 Å². The van der Waals surface area contributed by atoms with Gasteiger partial charge in [0.2, 0.25) is 11.8 Å². The Kier molecular flexibility index (Phi) is 10.9. The Morgan fingerprint density at radius 3 is 2.52 bits per heavy atom. The lowest BCUT2D eigenvalue weighted by molar-refractivity contribution is -0.138. The predicted octanol–water partition coefficient (Wildman–Crippen LogP) is 2.95. The molecule has 0 unspecified atom stereocenters. The lowest BCUT2D eigenvalue weighted by atomic mass is 9.85. The topological polar surface area (TPSA) is 95.7 Å². The third kappa shape index (κ3) is 7.42. The number of nitrogens with one attached hydrogen (secondary N) is 2. The van der Waals surface area contributed by atoms with E-state index in [1.54, 1.807) is 4.90 Å². The van der Waals surface area contributed by atoms with Gasteiger partial charge in [-0.05, 0) is 26.2 Å². The quantitative estimate of drug-likeness (QED) is 0.225. The van der Waals surface area contributed by atoms with E-state index in [0.29, 0.717) is 12.4 Å². The molecule has 0 aliphatic heterocycles. The molecule has 0 spiro atoms. The van der Waals surface area contributed by atoms with Crippen molar-refractivity contribution in [2.45, 2.75) is 65.2 Å². The number of aryl methyl sites for hydroxylation is 1. The number of rotatable bonds is 9. The summed E-state index contributed by atoms with van der Waals surface area (Å²) in [7, 11) is 3.66. The maximum Gasteiger partial charge on any atom is 0.230 e. The molecule has 1 aromatic rings. The third-order valence-corrected chi connectivity index (χ3v) is 5.16. The summed E-state index contributed by atoms with van der Waals surface area (Å²) in [5, 5.41) is 10.6. The normalized spacial score (nSPS) is 15.9. The fourth-order valence-corrected chi connectivity index (χ4v) is 3.59. The minimum atomic E-state index is -0.344. The standard InChI is InChI=1S/C20H36N6O2.HI/c1-6-21-19(22-13-9-10-16-24-17(15(2)3)25-28-16)23-14-20(11-7-8-12-20)18(27)26(4)5;/h15H,6-14H2,1-5H3,(H2,21,22,23);1H. The van der Waals surface area contributed by atoms with E-state index < -0.39 is 0 Å². The van der Waals surface area contributed by atoms with Gasteiger partial charge in [-0.3, -0.25) is 9.79 Å². The van der Waals surface area contributed by atoms with E-state index in [1.807, 2.05) is 34.9 Å². The Labute approximate surface area is 191 Å². The van der Waals surface area contributed by atoms with Crippen molar-refractivity contribution in [3.8, 4) is 0 Å². The van der Waals surface area contributed by atoms with Crippen LogP contribution in [0.2, 0.25) is 0 Å². The summed E-state index contributed by atoms with van der Waals surface area (Å²) in [5.41, 5.74) is -0.344. The number of carbonyl (C=O) groups excluding carboxylic acids is 1. The monoisotopic (exact) mass is 520 g/mol. The van der Waals surface area contributed by atoms with Crippen LogP contribution in [-0.2, 0) is 11.2 Å². The summed E-state index contributed by atoms with van der Waals surface area (Å²) in [6.45, 7) is 8.20. The van der Waals surface area contributed by atoms with E-state index in [1.165, 1.54) is 0 Å².